The van der Waals surface area contributed by atoms with Crippen LogP contribution in [0.2, 0.25) is 0 Å². The minimum absolute atomic E-state index is 0.680. The summed E-state index contributed by atoms with van der Waals surface area (Å²) < 4.78 is 0. The smallest absolute Gasteiger partial charge is 0.00976 e. The molecule has 0 spiro atoms. The average Bonchev–Trinajstić information content (AvgIpc) is 2.17. The molecule has 1 aromatic rings. The molecule has 0 amide bonds. The lowest BCUT2D eigenvalue weighted by Gasteiger charge is -2.16. The van der Waals surface area contributed by atoms with E-state index in [-0.39, 0.29) is 0 Å². The zero-order valence-corrected chi connectivity index (χ0v) is 8.42. The van der Waals surface area contributed by atoms with Gasteiger partial charge in [0, 0.05) is 5.33 Å². The molecule has 1 unspecified atom stereocenters. The summed E-state index contributed by atoms with van der Waals surface area (Å²) in [6.07, 6.45) is 5.69. The first-order chi connectivity index (χ1) is 5.90. The molecule has 0 aliphatic heterocycles. The van der Waals surface area contributed by atoms with Crippen molar-refractivity contribution in [2.24, 2.45) is 5.92 Å². The van der Waals surface area contributed by atoms with Gasteiger partial charge in [-0.1, -0.05) is 52.3 Å². The predicted octanol–water partition coefficient (Wildman–Crippen LogP) is 3.27. The van der Waals surface area contributed by atoms with Crippen LogP contribution in [0.1, 0.15) is 11.1 Å². The van der Waals surface area contributed by atoms with Gasteiger partial charge in [0.25, 0.3) is 0 Å². The lowest BCUT2D eigenvalue weighted by molar-refractivity contribution is 0.734. The van der Waals surface area contributed by atoms with Crippen molar-refractivity contribution in [3.8, 4) is 0 Å². The maximum atomic E-state index is 3.51. The lowest BCUT2D eigenvalue weighted by Crippen LogP contribution is -2.07. The fraction of sp³-hybridized carbons (Fsp3) is 0.273. The van der Waals surface area contributed by atoms with E-state index in [9.17, 15) is 0 Å². The number of benzene rings is 1. The predicted molar refractivity (Wildman–Crippen MR) is 56.5 cm³/mol. The van der Waals surface area contributed by atoms with Crippen LogP contribution in [0.25, 0.3) is 6.08 Å². The first-order valence-electron chi connectivity index (χ1n) is 4.22. The second-order valence-electron chi connectivity index (χ2n) is 3.18. The van der Waals surface area contributed by atoms with Crippen molar-refractivity contribution in [2.45, 2.75) is 6.42 Å². The van der Waals surface area contributed by atoms with Gasteiger partial charge in [-0.2, -0.15) is 0 Å². The van der Waals surface area contributed by atoms with Crippen molar-refractivity contribution >= 4 is 22.0 Å². The molecule has 1 aliphatic rings. The average molecular weight is 223 g/mol. The number of allylic oxidation sites excluding steroid dienone is 1. The normalized spacial score (nSPS) is 20.6. The summed E-state index contributed by atoms with van der Waals surface area (Å²) in [6.45, 7) is 0. The Balaban J connectivity index is 2.33. The molecule has 1 atom stereocenters. The SMILES string of the molecule is BrCC1C=Cc2ccccc2C1. The molecular weight excluding hydrogens is 212 g/mol. The number of fused-ring (bicyclic) bond motifs is 1. The minimum Gasteiger partial charge on any atom is -0.0922 e. The van der Waals surface area contributed by atoms with Crippen LogP contribution in [0.4, 0.5) is 0 Å². The summed E-state index contributed by atoms with van der Waals surface area (Å²) in [5.74, 6) is 0.680. The largest absolute Gasteiger partial charge is 0.0922 e. The number of halogens is 1. The minimum atomic E-state index is 0.680. The van der Waals surface area contributed by atoms with Crippen LogP contribution in [0.3, 0.4) is 0 Å². The van der Waals surface area contributed by atoms with Gasteiger partial charge in [-0.25, -0.2) is 0 Å². The Labute approximate surface area is 81.4 Å². The molecule has 12 heavy (non-hydrogen) atoms. The number of hydrogen-bond donors (Lipinski definition) is 0. The van der Waals surface area contributed by atoms with Gasteiger partial charge in [-0.15, -0.1) is 0 Å². The van der Waals surface area contributed by atoms with Crippen molar-refractivity contribution in [1.82, 2.24) is 0 Å². The summed E-state index contributed by atoms with van der Waals surface area (Å²) in [5.41, 5.74) is 2.86. The molecule has 1 aromatic carbocycles. The van der Waals surface area contributed by atoms with Crippen LogP contribution >= 0.6 is 15.9 Å². The number of hydrogen-bond acceptors (Lipinski definition) is 0. The van der Waals surface area contributed by atoms with Crippen LogP contribution in [0.15, 0.2) is 30.3 Å². The second kappa shape index (κ2) is 3.44. The molecule has 0 heterocycles. The van der Waals surface area contributed by atoms with Crippen LogP contribution < -0.4 is 0 Å². The first kappa shape index (κ1) is 8.06. The Kier molecular flexibility index (Phi) is 2.31. The maximum Gasteiger partial charge on any atom is 0.00976 e. The van der Waals surface area contributed by atoms with E-state index in [1.165, 1.54) is 17.5 Å². The van der Waals surface area contributed by atoms with Crippen LogP contribution in [0, 0.1) is 5.92 Å². The van der Waals surface area contributed by atoms with E-state index in [2.05, 4.69) is 52.3 Å². The Bertz CT molecular complexity index is 302. The van der Waals surface area contributed by atoms with Gasteiger partial charge >= 0.3 is 0 Å². The Morgan fingerprint density at radius 3 is 3.00 bits per heavy atom. The topological polar surface area (TPSA) is 0 Å². The van der Waals surface area contributed by atoms with Crippen molar-refractivity contribution in [3.63, 3.8) is 0 Å². The zero-order chi connectivity index (χ0) is 8.39. The molecular formula is C11H11Br. The molecule has 62 valence electrons. The van der Waals surface area contributed by atoms with Crippen LogP contribution in [-0.2, 0) is 6.42 Å². The molecule has 0 saturated carbocycles. The molecule has 1 heteroatoms. The van der Waals surface area contributed by atoms with Crippen molar-refractivity contribution in [3.05, 3.63) is 41.5 Å². The number of alkyl halides is 1. The molecule has 0 radical (unpaired) electrons. The molecule has 0 nitrogen and oxygen atoms in total. The third-order valence-electron chi connectivity index (χ3n) is 2.28. The standard InChI is InChI=1S/C11H11Br/c12-8-9-5-6-10-3-1-2-4-11(10)7-9/h1-6,9H,7-8H2. The summed E-state index contributed by atoms with van der Waals surface area (Å²) >= 11 is 3.51. The Morgan fingerprint density at radius 2 is 2.17 bits per heavy atom. The van der Waals surface area contributed by atoms with Gasteiger partial charge in [0.05, 0.1) is 0 Å². The highest BCUT2D eigenvalue weighted by Crippen LogP contribution is 2.23. The second-order valence-corrected chi connectivity index (χ2v) is 3.82. The number of rotatable bonds is 1. The van der Waals surface area contributed by atoms with Crippen LogP contribution in [-0.4, -0.2) is 5.33 Å². The zero-order valence-electron chi connectivity index (χ0n) is 6.83. The fourth-order valence-corrected chi connectivity index (χ4v) is 2.02. The van der Waals surface area contributed by atoms with Crippen molar-refractivity contribution in [1.29, 1.82) is 0 Å². The molecule has 0 N–H and O–H groups in total. The highest BCUT2D eigenvalue weighted by molar-refractivity contribution is 9.09. The van der Waals surface area contributed by atoms with E-state index in [4.69, 9.17) is 0 Å². The quantitative estimate of drug-likeness (QED) is 0.641. The van der Waals surface area contributed by atoms with Gasteiger partial charge in [-0.05, 0) is 23.5 Å². The molecule has 0 fully saturated rings. The summed E-state index contributed by atoms with van der Waals surface area (Å²) in [6, 6.07) is 8.60. The highest BCUT2D eigenvalue weighted by Gasteiger charge is 2.10. The van der Waals surface area contributed by atoms with Gasteiger partial charge in [0.2, 0.25) is 0 Å². The van der Waals surface area contributed by atoms with Gasteiger partial charge in [0.1, 0.15) is 0 Å². The van der Waals surface area contributed by atoms with E-state index < -0.39 is 0 Å². The monoisotopic (exact) mass is 222 g/mol. The van der Waals surface area contributed by atoms with E-state index >= 15 is 0 Å². The molecule has 0 saturated heterocycles. The van der Waals surface area contributed by atoms with E-state index in [0.29, 0.717) is 5.92 Å². The van der Waals surface area contributed by atoms with Gasteiger partial charge in [0.15, 0.2) is 0 Å². The Morgan fingerprint density at radius 1 is 1.33 bits per heavy atom. The summed E-state index contributed by atoms with van der Waals surface area (Å²) in [7, 11) is 0. The van der Waals surface area contributed by atoms with E-state index in [1.807, 2.05) is 0 Å². The van der Waals surface area contributed by atoms with E-state index in [0.717, 1.165) is 5.33 Å². The van der Waals surface area contributed by atoms with Gasteiger partial charge < -0.3 is 0 Å². The maximum absolute atomic E-state index is 3.51. The third kappa shape index (κ3) is 1.46. The molecule has 0 bridgehead atoms. The molecule has 1 aliphatic carbocycles. The van der Waals surface area contributed by atoms with Crippen molar-refractivity contribution < 1.29 is 0 Å². The molecule has 0 aromatic heterocycles. The Hall–Kier alpha value is -0.560. The highest BCUT2D eigenvalue weighted by atomic mass is 79.9. The summed E-state index contributed by atoms with van der Waals surface area (Å²) in [4.78, 5) is 0. The molecule has 2 rings (SSSR count). The van der Waals surface area contributed by atoms with Gasteiger partial charge in [-0.3, -0.25) is 0 Å². The van der Waals surface area contributed by atoms with E-state index in [1.54, 1.807) is 0 Å². The summed E-state index contributed by atoms with van der Waals surface area (Å²) in [5, 5.41) is 1.07. The lowest BCUT2D eigenvalue weighted by atomic mass is 9.91. The fourth-order valence-electron chi connectivity index (χ4n) is 1.58. The third-order valence-corrected chi connectivity index (χ3v) is 3.12. The van der Waals surface area contributed by atoms with Crippen molar-refractivity contribution in [2.75, 3.05) is 5.33 Å². The van der Waals surface area contributed by atoms with Crippen LogP contribution in [0.5, 0.6) is 0 Å². The first-order valence-corrected chi connectivity index (χ1v) is 5.34.